The highest BCUT2D eigenvalue weighted by atomic mass is 32.1. The average Bonchev–Trinajstić information content (AvgIpc) is 3.21. The Hall–Kier alpha value is -3.71. The zero-order chi connectivity index (χ0) is 22.2. The van der Waals surface area contributed by atoms with E-state index in [1.54, 1.807) is 10.9 Å². The molecular formula is C25H24N4O2S. The number of hydrogen-bond donors (Lipinski definition) is 1. The smallest absolute Gasteiger partial charge is 0.216 e. The van der Waals surface area contributed by atoms with E-state index in [9.17, 15) is 0 Å². The van der Waals surface area contributed by atoms with Gasteiger partial charge < -0.3 is 9.47 Å². The molecule has 0 aliphatic carbocycles. The van der Waals surface area contributed by atoms with Crippen LogP contribution in [0.4, 0.5) is 0 Å². The van der Waals surface area contributed by atoms with Gasteiger partial charge in [-0.2, -0.15) is 14.9 Å². The van der Waals surface area contributed by atoms with Gasteiger partial charge in [-0.25, -0.2) is 0 Å². The number of aromatic amines is 1. The zero-order valence-corrected chi connectivity index (χ0v) is 18.6. The maximum absolute atomic E-state index is 6.13. The summed E-state index contributed by atoms with van der Waals surface area (Å²) in [4.78, 5) is 0. The van der Waals surface area contributed by atoms with Crippen LogP contribution in [0.3, 0.4) is 0 Å². The summed E-state index contributed by atoms with van der Waals surface area (Å²) in [7, 11) is 0. The van der Waals surface area contributed by atoms with E-state index in [4.69, 9.17) is 21.7 Å². The topological polar surface area (TPSA) is 64.4 Å². The van der Waals surface area contributed by atoms with E-state index < -0.39 is 0 Å². The van der Waals surface area contributed by atoms with E-state index in [2.05, 4.69) is 15.3 Å². The van der Waals surface area contributed by atoms with Crippen molar-refractivity contribution in [3.05, 3.63) is 106 Å². The van der Waals surface area contributed by atoms with Crippen LogP contribution in [-0.4, -0.2) is 21.1 Å². The van der Waals surface area contributed by atoms with Gasteiger partial charge in [0.1, 0.15) is 13.2 Å². The lowest BCUT2D eigenvalue weighted by molar-refractivity contribution is 0.256. The van der Waals surface area contributed by atoms with Crippen LogP contribution in [0, 0.1) is 4.77 Å². The molecule has 0 bridgehead atoms. The van der Waals surface area contributed by atoms with Crippen LogP contribution in [0.5, 0.6) is 11.5 Å². The van der Waals surface area contributed by atoms with Crippen LogP contribution < -0.4 is 9.47 Å². The van der Waals surface area contributed by atoms with Gasteiger partial charge in [0.25, 0.3) is 0 Å². The largest absolute Gasteiger partial charge is 0.485 e. The molecule has 0 radical (unpaired) electrons. The molecule has 0 saturated heterocycles. The van der Waals surface area contributed by atoms with Crippen molar-refractivity contribution >= 4 is 18.4 Å². The molecule has 0 saturated carbocycles. The quantitative estimate of drug-likeness (QED) is 0.272. The number of benzene rings is 3. The summed E-state index contributed by atoms with van der Waals surface area (Å²) in [6.07, 6.45) is 2.46. The van der Waals surface area contributed by atoms with Crippen molar-refractivity contribution in [2.45, 2.75) is 26.6 Å². The first kappa shape index (κ1) is 21.5. The van der Waals surface area contributed by atoms with Gasteiger partial charge in [0.2, 0.25) is 4.77 Å². The second-order valence-electron chi connectivity index (χ2n) is 7.11. The molecule has 6 nitrogen and oxygen atoms in total. The summed E-state index contributed by atoms with van der Waals surface area (Å²) >= 11 is 5.26. The third kappa shape index (κ3) is 5.50. The van der Waals surface area contributed by atoms with Gasteiger partial charge in [-0.05, 0) is 47.1 Å². The van der Waals surface area contributed by atoms with E-state index in [1.165, 1.54) is 0 Å². The van der Waals surface area contributed by atoms with Gasteiger partial charge in [-0.15, -0.1) is 0 Å². The highest BCUT2D eigenvalue weighted by molar-refractivity contribution is 7.71. The Morgan fingerprint density at radius 3 is 2.16 bits per heavy atom. The number of nitrogens with one attached hydrogen (secondary N) is 1. The van der Waals surface area contributed by atoms with Crippen LogP contribution >= 0.6 is 12.2 Å². The van der Waals surface area contributed by atoms with E-state index >= 15 is 0 Å². The van der Waals surface area contributed by atoms with Crippen molar-refractivity contribution in [2.24, 2.45) is 5.10 Å². The van der Waals surface area contributed by atoms with E-state index in [-0.39, 0.29) is 0 Å². The standard InChI is InChI=1S/C25H24N4O2S/c1-2-24-27-28-25(32)29(24)26-16-21-13-14-22(30-17-19-9-5-3-6-10-19)23(15-21)31-18-20-11-7-4-8-12-20/h3-16H,2,17-18H2,1H3,(H,28,32)/b26-16+. The lowest BCUT2D eigenvalue weighted by atomic mass is 10.2. The Morgan fingerprint density at radius 2 is 1.53 bits per heavy atom. The maximum Gasteiger partial charge on any atom is 0.216 e. The number of hydrogen-bond acceptors (Lipinski definition) is 5. The fourth-order valence-electron chi connectivity index (χ4n) is 3.10. The Morgan fingerprint density at radius 1 is 0.906 bits per heavy atom. The molecule has 4 aromatic rings. The summed E-state index contributed by atoms with van der Waals surface area (Å²) < 4.78 is 14.3. The summed E-state index contributed by atoms with van der Waals surface area (Å²) in [5.41, 5.74) is 3.04. The van der Waals surface area contributed by atoms with Crippen molar-refractivity contribution in [1.82, 2.24) is 14.9 Å². The lowest BCUT2D eigenvalue weighted by Crippen LogP contribution is -2.02. The van der Waals surface area contributed by atoms with Crippen LogP contribution in [0.25, 0.3) is 0 Å². The SMILES string of the molecule is CCc1n[nH]c(=S)n1/N=C/c1ccc(OCc2ccccc2)c(OCc2ccccc2)c1. The second kappa shape index (κ2) is 10.5. The highest BCUT2D eigenvalue weighted by Crippen LogP contribution is 2.29. The molecule has 0 amide bonds. The first-order valence-electron chi connectivity index (χ1n) is 10.4. The van der Waals surface area contributed by atoms with Crippen molar-refractivity contribution in [2.75, 3.05) is 0 Å². The molecule has 1 heterocycles. The molecule has 4 rings (SSSR count). The van der Waals surface area contributed by atoms with E-state index in [0.29, 0.717) is 29.5 Å². The number of aryl methyl sites for hydroxylation is 1. The van der Waals surface area contributed by atoms with Gasteiger partial charge in [-0.1, -0.05) is 67.6 Å². The highest BCUT2D eigenvalue weighted by Gasteiger charge is 2.08. The molecule has 3 aromatic carbocycles. The van der Waals surface area contributed by atoms with E-state index in [0.717, 1.165) is 28.9 Å². The molecule has 1 N–H and O–H groups in total. The number of aromatic nitrogens is 3. The molecular weight excluding hydrogens is 420 g/mol. The average molecular weight is 445 g/mol. The monoisotopic (exact) mass is 444 g/mol. The summed E-state index contributed by atoms with van der Waals surface area (Å²) in [6.45, 7) is 2.90. The molecule has 0 aliphatic rings. The predicted molar refractivity (Wildman–Crippen MR) is 128 cm³/mol. The third-order valence-electron chi connectivity index (χ3n) is 4.80. The minimum Gasteiger partial charge on any atom is -0.485 e. The van der Waals surface area contributed by atoms with Gasteiger partial charge in [0.15, 0.2) is 17.3 Å². The Kier molecular flexibility index (Phi) is 7.09. The normalized spacial score (nSPS) is 11.0. The minimum atomic E-state index is 0.440. The minimum absolute atomic E-state index is 0.440. The number of rotatable bonds is 9. The first-order chi connectivity index (χ1) is 15.7. The molecule has 162 valence electrons. The number of ether oxygens (including phenoxy) is 2. The molecule has 0 atom stereocenters. The summed E-state index contributed by atoms with van der Waals surface area (Å²) in [5, 5.41) is 11.4. The van der Waals surface area contributed by atoms with Gasteiger partial charge in [0.05, 0.1) is 6.21 Å². The van der Waals surface area contributed by atoms with Crippen LogP contribution in [0.15, 0.2) is 84.0 Å². The summed E-state index contributed by atoms with van der Waals surface area (Å²) in [6, 6.07) is 25.8. The van der Waals surface area contributed by atoms with E-state index in [1.807, 2.05) is 85.8 Å². The second-order valence-corrected chi connectivity index (χ2v) is 7.50. The fraction of sp³-hybridized carbons (Fsp3) is 0.160. The molecule has 0 unspecified atom stereocenters. The first-order valence-corrected chi connectivity index (χ1v) is 10.8. The molecule has 0 spiro atoms. The predicted octanol–water partition coefficient (Wildman–Crippen LogP) is 5.54. The van der Waals surface area contributed by atoms with Crippen molar-refractivity contribution in [3.63, 3.8) is 0 Å². The Bertz CT molecular complexity index is 1230. The van der Waals surface area contributed by atoms with Gasteiger partial charge >= 0.3 is 0 Å². The Balaban J connectivity index is 1.57. The maximum atomic E-state index is 6.13. The van der Waals surface area contributed by atoms with Crippen LogP contribution in [-0.2, 0) is 19.6 Å². The van der Waals surface area contributed by atoms with Gasteiger partial charge in [-0.3, -0.25) is 5.10 Å². The van der Waals surface area contributed by atoms with Crippen LogP contribution in [0.2, 0.25) is 0 Å². The molecule has 1 aromatic heterocycles. The molecule has 32 heavy (non-hydrogen) atoms. The molecule has 0 fully saturated rings. The van der Waals surface area contributed by atoms with Gasteiger partial charge in [0, 0.05) is 6.42 Å². The summed E-state index contributed by atoms with van der Waals surface area (Å²) in [5.74, 6) is 2.10. The van der Waals surface area contributed by atoms with Crippen molar-refractivity contribution in [3.8, 4) is 11.5 Å². The lowest BCUT2D eigenvalue weighted by Gasteiger charge is -2.14. The van der Waals surface area contributed by atoms with Crippen LogP contribution in [0.1, 0.15) is 29.4 Å². The fourth-order valence-corrected chi connectivity index (χ4v) is 3.30. The zero-order valence-electron chi connectivity index (χ0n) is 17.8. The van der Waals surface area contributed by atoms with Crippen molar-refractivity contribution in [1.29, 1.82) is 0 Å². The Labute approximate surface area is 192 Å². The third-order valence-corrected chi connectivity index (χ3v) is 5.06. The van der Waals surface area contributed by atoms with Crippen molar-refractivity contribution < 1.29 is 9.47 Å². The molecule has 7 heteroatoms. The number of nitrogens with zero attached hydrogens (tertiary/aromatic N) is 3. The molecule has 0 aliphatic heterocycles. The number of H-pyrrole nitrogens is 1.